The lowest BCUT2D eigenvalue weighted by Crippen LogP contribution is -2.17. The summed E-state index contributed by atoms with van der Waals surface area (Å²) in [5.74, 6) is 0.632. The van der Waals surface area contributed by atoms with Crippen LogP contribution in [0.2, 0.25) is 0 Å². The Balaban J connectivity index is 2.48. The molecule has 0 saturated carbocycles. The standard InChI is InChI=1S/C17H22/c1-5-16(17(2,3)4)15-11-10-13-8-6-7-9-14(13)12-15/h6-12,16H,5H2,1-4H3. The zero-order chi connectivity index (χ0) is 12.5. The zero-order valence-corrected chi connectivity index (χ0v) is 11.3. The Bertz CT molecular complexity index is 503. The van der Waals surface area contributed by atoms with Crippen LogP contribution < -0.4 is 0 Å². The van der Waals surface area contributed by atoms with E-state index in [-0.39, 0.29) is 0 Å². The second-order valence-electron chi connectivity index (χ2n) is 5.93. The minimum absolute atomic E-state index is 0.331. The fourth-order valence-electron chi connectivity index (χ4n) is 2.77. The Morgan fingerprint density at radius 2 is 1.59 bits per heavy atom. The van der Waals surface area contributed by atoms with Crippen LogP contribution in [-0.2, 0) is 0 Å². The van der Waals surface area contributed by atoms with Crippen molar-refractivity contribution in [2.45, 2.75) is 40.0 Å². The molecule has 2 rings (SSSR count). The fourth-order valence-corrected chi connectivity index (χ4v) is 2.77. The molecule has 0 nitrogen and oxygen atoms in total. The van der Waals surface area contributed by atoms with Crippen molar-refractivity contribution < 1.29 is 0 Å². The Kier molecular flexibility index (Phi) is 3.24. The van der Waals surface area contributed by atoms with Crippen molar-refractivity contribution in [2.75, 3.05) is 0 Å². The van der Waals surface area contributed by atoms with Crippen LogP contribution in [0.4, 0.5) is 0 Å². The van der Waals surface area contributed by atoms with Gasteiger partial charge in [0.1, 0.15) is 0 Å². The second kappa shape index (κ2) is 4.52. The topological polar surface area (TPSA) is 0 Å². The highest BCUT2D eigenvalue weighted by atomic mass is 14.3. The minimum Gasteiger partial charge on any atom is -0.0648 e. The Labute approximate surface area is 105 Å². The van der Waals surface area contributed by atoms with Crippen molar-refractivity contribution in [3.8, 4) is 0 Å². The maximum Gasteiger partial charge on any atom is -0.0116 e. The predicted octanol–water partition coefficient (Wildman–Crippen LogP) is 5.38. The average Bonchev–Trinajstić information content (AvgIpc) is 2.28. The normalized spacial score (nSPS) is 13.9. The minimum atomic E-state index is 0.331. The van der Waals surface area contributed by atoms with E-state index in [4.69, 9.17) is 0 Å². The molecule has 0 bridgehead atoms. The fraction of sp³-hybridized carbons (Fsp3) is 0.412. The van der Waals surface area contributed by atoms with E-state index >= 15 is 0 Å². The Hall–Kier alpha value is -1.30. The maximum atomic E-state index is 2.36. The molecule has 0 aliphatic carbocycles. The molecule has 0 N–H and O–H groups in total. The quantitative estimate of drug-likeness (QED) is 0.645. The van der Waals surface area contributed by atoms with E-state index < -0.39 is 0 Å². The molecule has 0 aliphatic rings. The molecule has 0 radical (unpaired) electrons. The summed E-state index contributed by atoms with van der Waals surface area (Å²) in [6.45, 7) is 9.27. The van der Waals surface area contributed by atoms with Crippen LogP contribution in [0.3, 0.4) is 0 Å². The smallest absolute Gasteiger partial charge is 0.0116 e. The summed E-state index contributed by atoms with van der Waals surface area (Å²) in [4.78, 5) is 0. The number of hydrogen-bond donors (Lipinski definition) is 0. The molecule has 90 valence electrons. The first kappa shape index (κ1) is 12.2. The van der Waals surface area contributed by atoms with Crippen LogP contribution >= 0.6 is 0 Å². The SMILES string of the molecule is CCC(c1ccc2ccccc2c1)C(C)(C)C. The van der Waals surface area contributed by atoms with Gasteiger partial charge < -0.3 is 0 Å². The molecule has 0 amide bonds. The largest absolute Gasteiger partial charge is 0.0648 e. The molecule has 1 unspecified atom stereocenters. The predicted molar refractivity (Wildman–Crippen MR) is 76.4 cm³/mol. The second-order valence-corrected chi connectivity index (χ2v) is 5.93. The van der Waals surface area contributed by atoms with Gasteiger partial charge in [-0.25, -0.2) is 0 Å². The van der Waals surface area contributed by atoms with E-state index in [9.17, 15) is 0 Å². The first-order valence-electron chi connectivity index (χ1n) is 6.51. The molecule has 0 aliphatic heterocycles. The molecular formula is C17H22. The average molecular weight is 226 g/mol. The van der Waals surface area contributed by atoms with E-state index in [0.29, 0.717) is 11.3 Å². The van der Waals surface area contributed by atoms with Crippen molar-refractivity contribution in [3.05, 3.63) is 48.0 Å². The van der Waals surface area contributed by atoms with Crippen molar-refractivity contribution in [1.29, 1.82) is 0 Å². The monoisotopic (exact) mass is 226 g/mol. The first-order valence-corrected chi connectivity index (χ1v) is 6.51. The Morgan fingerprint density at radius 1 is 0.941 bits per heavy atom. The highest BCUT2D eigenvalue weighted by Gasteiger charge is 2.24. The molecule has 0 saturated heterocycles. The van der Waals surface area contributed by atoms with Gasteiger partial charge in [0.2, 0.25) is 0 Å². The van der Waals surface area contributed by atoms with E-state index in [1.54, 1.807) is 0 Å². The number of rotatable bonds is 2. The van der Waals surface area contributed by atoms with Gasteiger partial charge in [-0.3, -0.25) is 0 Å². The van der Waals surface area contributed by atoms with Crippen LogP contribution in [0.1, 0.15) is 45.6 Å². The van der Waals surface area contributed by atoms with Crippen LogP contribution in [0, 0.1) is 5.41 Å². The third-order valence-electron chi connectivity index (χ3n) is 3.63. The maximum absolute atomic E-state index is 2.36. The summed E-state index contributed by atoms with van der Waals surface area (Å²) in [7, 11) is 0. The lowest BCUT2D eigenvalue weighted by atomic mass is 9.75. The molecule has 0 fully saturated rings. The van der Waals surface area contributed by atoms with Gasteiger partial charge in [0.05, 0.1) is 0 Å². The van der Waals surface area contributed by atoms with Gasteiger partial charge in [0, 0.05) is 0 Å². The van der Waals surface area contributed by atoms with Crippen LogP contribution in [-0.4, -0.2) is 0 Å². The molecule has 0 spiro atoms. The van der Waals surface area contributed by atoms with Crippen molar-refractivity contribution in [3.63, 3.8) is 0 Å². The van der Waals surface area contributed by atoms with Gasteiger partial charge in [-0.2, -0.15) is 0 Å². The molecule has 1 atom stereocenters. The molecule has 0 heterocycles. The van der Waals surface area contributed by atoms with Gasteiger partial charge in [-0.15, -0.1) is 0 Å². The highest BCUT2D eigenvalue weighted by molar-refractivity contribution is 5.83. The van der Waals surface area contributed by atoms with Crippen molar-refractivity contribution in [1.82, 2.24) is 0 Å². The summed E-state index contributed by atoms with van der Waals surface area (Å²) in [6.07, 6.45) is 1.20. The molecule has 0 aromatic heterocycles. The van der Waals surface area contributed by atoms with Crippen LogP contribution in [0.5, 0.6) is 0 Å². The lowest BCUT2D eigenvalue weighted by molar-refractivity contribution is 0.313. The van der Waals surface area contributed by atoms with Crippen molar-refractivity contribution in [2.24, 2.45) is 5.41 Å². The summed E-state index contributed by atoms with van der Waals surface area (Å²) < 4.78 is 0. The van der Waals surface area contributed by atoms with Crippen LogP contribution in [0.25, 0.3) is 10.8 Å². The van der Waals surface area contributed by atoms with Gasteiger partial charge in [0.25, 0.3) is 0 Å². The number of fused-ring (bicyclic) bond motifs is 1. The van der Waals surface area contributed by atoms with E-state index in [1.807, 2.05) is 0 Å². The summed E-state index contributed by atoms with van der Waals surface area (Å²) in [5, 5.41) is 2.69. The highest BCUT2D eigenvalue weighted by Crippen LogP contribution is 2.38. The molecule has 2 aromatic rings. The van der Waals surface area contributed by atoms with Gasteiger partial charge in [-0.1, -0.05) is 70.2 Å². The zero-order valence-electron chi connectivity index (χ0n) is 11.3. The lowest BCUT2D eigenvalue weighted by Gasteiger charge is -2.30. The molecule has 2 aromatic carbocycles. The number of hydrogen-bond acceptors (Lipinski definition) is 0. The Morgan fingerprint density at radius 3 is 2.18 bits per heavy atom. The van der Waals surface area contributed by atoms with Crippen LogP contribution in [0.15, 0.2) is 42.5 Å². The third-order valence-corrected chi connectivity index (χ3v) is 3.63. The molecule has 17 heavy (non-hydrogen) atoms. The van der Waals surface area contributed by atoms with Crippen molar-refractivity contribution >= 4 is 10.8 Å². The molecule has 0 heteroatoms. The van der Waals surface area contributed by atoms with Gasteiger partial charge in [-0.05, 0) is 34.1 Å². The van der Waals surface area contributed by atoms with E-state index in [2.05, 4.69) is 70.2 Å². The summed E-state index contributed by atoms with van der Waals surface area (Å²) in [6, 6.07) is 15.5. The number of benzene rings is 2. The first-order chi connectivity index (χ1) is 8.02. The summed E-state index contributed by atoms with van der Waals surface area (Å²) >= 11 is 0. The van der Waals surface area contributed by atoms with Gasteiger partial charge >= 0.3 is 0 Å². The van der Waals surface area contributed by atoms with Gasteiger partial charge in [0.15, 0.2) is 0 Å². The van der Waals surface area contributed by atoms with E-state index in [0.717, 1.165) is 0 Å². The van der Waals surface area contributed by atoms with E-state index in [1.165, 1.54) is 22.8 Å². The summed E-state index contributed by atoms with van der Waals surface area (Å²) in [5.41, 5.74) is 1.80. The third kappa shape index (κ3) is 2.52. The molecular weight excluding hydrogens is 204 g/mol.